The number of rotatable bonds is 8. The zero-order valence-corrected chi connectivity index (χ0v) is 24.0. The number of likely N-dealkylation sites (tertiary alicyclic amines) is 2. The van der Waals surface area contributed by atoms with Crippen molar-refractivity contribution in [3.05, 3.63) is 70.8 Å². The van der Waals surface area contributed by atoms with Crippen LogP contribution in [0, 0.1) is 13.8 Å². The Morgan fingerprint density at radius 2 is 1.60 bits per heavy atom. The summed E-state index contributed by atoms with van der Waals surface area (Å²) in [5, 5.41) is 0. The van der Waals surface area contributed by atoms with Crippen molar-refractivity contribution in [1.29, 1.82) is 0 Å². The smallest absolute Gasteiger partial charge is 0.410 e. The van der Waals surface area contributed by atoms with Crippen LogP contribution in [0.25, 0.3) is 0 Å². The standard InChI is InChI=1S/C33H45N3O3.CH4/c1-4-5-14-29-33(39-32(38)36(29)22-15-27-12-7-6-8-13-27)18-23-34(24-19-33)28-16-20-35(21-17-28)31(37)30-25(2)10-9-11-26(30)3;/h6-13,28-29H,4-5,14-24H2,1-3H3;1H4. The van der Waals surface area contributed by atoms with Crippen LogP contribution in [0.4, 0.5) is 4.79 Å². The highest BCUT2D eigenvalue weighted by molar-refractivity contribution is 5.97. The van der Waals surface area contributed by atoms with E-state index in [1.165, 1.54) is 5.56 Å². The van der Waals surface area contributed by atoms with E-state index in [2.05, 4.69) is 36.1 Å². The van der Waals surface area contributed by atoms with Gasteiger partial charge >= 0.3 is 6.09 Å². The third kappa shape index (κ3) is 6.22. The van der Waals surface area contributed by atoms with Gasteiger partial charge in [0.25, 0.3) is 5.91 Å². The number of nitrogens with zero attached hydrogens (tertiary/aromatic N) is 3. The maximum absolute atomic E-state index is 13.3. The Morgan fingerprint density at radius 1 is 0.950 bits per heavy atom. The Hall–Kier alpha value is -2.86. The molecule has 1 atom stereocenters. The lowest BCUT2D eigenvalue weighted by atomic mass is 9.81. The molecular weight excluding hydrogens is 498 g/mol. The van der Waals surface area contributed by atoms with E-state index in [1.807, 2.05) is 47.9 Å². The van der Waals surface area contributed by atoms with Gasteiger partial charge in [0, 0.05) is 57.2 Å². The number of unbranched alkanes of at least 4 members (excludes halogenated alkanes) is 1. The van der Waals surface area contributed by atoms with E-state index in [1.54, 1.807) is 0 Å². The van der Waals surface area contributed by atoms with Crippen molar-refractivity contribution < 1.29 is 14.3 Å². The van der Waals surface area contributed by atoms with Gasteiger partial charge in [-0.15, -0.1) is 0 Å². The van der Waals surface area contributed by atoms with Gasteiger partial charge in [-0.1, -0.05) is 75.7 Å². The molecule has 3 aliphatic rings. The SMILES string of the molecule is C.CCCCC1N(CCc2ccccc2)C(=O)OC12CCN(C1CCN(C(=O)c3c(C)cccc3C)CC1)CC2. The summed E-state index contributed by atoms with van der Waals surface area (Å²) in [7, 11) is 0. The molecule has 6 heteroatoms. The third-order valence-electron chi connectivity index (χ3n) is 9.43. The second-order valence-corrected chi connectivity index (χ2v) is 11.8. The molecule has 3 aliphatic heterocycles. The summed E-state index contributed by atoms with van der Waals surface area (Å²) in [6.45, 7) is 10.5. The van der Waals surface area contributed by atoms with Gasteiger partial charge in [-0.25, -0.2) is 4.79 Å². The van der Waals surface area contributed by atoms with Crippen LogP contribution in [0.3, 0.4) is 0 Å². The van der Waals surface area contributed by atoms with Gasteiger partial charge in [0.05, 0.1) is 6.04 Å². The van der Waals surface area contributed by atoms with Crippen LogP contribution in [0.1, 0.15) is 86.3 Å². The number of benzene rings is 2. The zero-order valence-electron chi connectivity index (χ0n) is 24.0. The highest BCUT2D eigenvalue weighted by atomic mass is 16.6. The summed E-state index contributed by atoms with van der Waals surface area (Å²) in [4.78, 5) is 33.1. The molecule has 218 valence electrons. The van der Waals surface area contributed by atoms with Crippen LogP contribution in [-0.4, -0.2) is 77.1 Å². The number of hydrogen-bond donors (Lipinski definition) is 0. The van der Waals surface area contributed by atoms with Crippen molar-refractivity contribution in [2.24, 2.45) is 0 Å². The lowest BCUT2D eigenvalue weighted by Gasteiger charge is -2.46. The molecule has 2 amide bonds. The normalized spacial score (nSPS) is 21.4. The minimum Gasteiger partial charge on any atom is -0.440 e. The highest BCUT2D eigenvalue weighted by Gasteiger charge is 2.54. The molecule has 40 heavy (non-hydrogen) atoms. The molecule has 3 fully saturated rings. The van der Waals surface area contributed by atoms with Crippen LogP contribution in [0.5, 0.6) is 0 Å². The van der Waals surface area contributed by atoms with E-state index in [0.717, 1.165) is 101 Å². The Kier molecular flexibility index (Phi) is 9.94. The average molecular weight is 548 g/mol. The van der Waals surface area contributed by atoms with Crippen LogP contribution in [0.2, 0.25) is 0 Å². The van der Waals surface area contributed by atoms with E-state index in [4.69, 9.17) is 4.74 Å². The molecule has 2 aromatic carbocycles. The molecule has 3 heterocycles. The molecule has 0 radical (unpaired) electrons. The number of aryl methyl sites for hydroxylation is 2. The molecule has 0 saturated carbocycles. The fourth-order valence-electron chi connectivity index (χ4n) is 7.12. The van der Waals surface area contributed by atoms with Gasteiger partial charge in [0.15, 0.2) is 0 Å². The Morgan fingerprint density at radius 3 is 2.23 bits per heavy atom. The van der Waals surface area contributed by atoms with E-state index >= 15 is 0 Å². The van der Waals surface area contributed by atoms with E-state index in [-0.39, 0.29) is 31.1 Å². The number of carbonyl (C=O) groups is 2. The molecule has 1 spiro atoms. The van der Waals surface area contributed by atoms with Crippen molar-refractivity contribution in [2.75, 3.05) is 32.7 Å². The number of carbonyl (C=O) groups excluding carboxylic acids is 2. The first kappa shape index (κ1) is 30.1. The monoisotopic (exact) mass is 547 g/mol. The Labute approximate surface area is 241 Å². The Balaban J connectivity index is 0.00000370. The zero-order chi connectivity index (χ0) is 27.4. The van der Waals surface area contributed by atoms with Gasteiger partial charge in [0.2, 0.25) is 0 Å². The molecule has 0 N–H and O–H groups in total. The van der Waals surface area contributed by atoms with Crippen molar-refractivity contribution in [1.82, 2.24) is 14.7 Å². The lowest BCUT2D eigenvalue weighted by Crippen LogP contribution is -2.56. The molecule has 0 bridgehead atoms. The molecule has 5 rings (SSSR count). The molecular formula is C34H49N3O3. The lowest BCUT2D eigenvalue weighted by molar-refractivity contribution is -0.0381. The second-order valence-electron chi connectivity index (χ2n) is 11.8. The van der Waals surface area contributed by atoms with Crippen LogP contribution in [-0.2, 0) is 11.2 Å². The molecule has 0 aromatic heterocycles. The molecule has 0 aliphatic carbocycles. The van der Waals surface area contributed by atoms with E-state index < -0.39 is 0 Å². The summed E-state index contributed by atoms with van der Waals surface area (Å²) < 4.78 is 6.26. The highest BCUT2D eigenvalue weighted by Crippen LogP contribution is 2.42. The van der Waals surface area contributed by atoms with Gasteiger partial charge in [0.1, 0.15) is 5.60 Å². The van der Waals surface area contributed by atoms with E-state index in [9.17, 15) is 9.59 Å². The number of hydrogen-bond acceptors (Lipinski definition) is 4. The average Bonchev–Trinajstić information content (AvgIpc) is 3.20. The summed E-state index contributed by atoms with van der Waals surface area (Å²) in [6.07, 6.45) is 7.79. The largest absolute Gasteiger partial charge is 0.440 e. The predicted molar refractivity (Wildman–Crippen MR) is 162 cm³/mol. The van der Waals surface area contributed by atoms with Gasteiger partial charge < -0.3 is 14.5 Å². The summed E-state index contributed by atoms with van der Waals surface area (Å²) in [5.41, 5.74) is 3.89. The van der Waals surface area contributed by atoms with Crippen molar-refractivity contribution in [3.63, 3.8) is 0 Å². The second kappa shape index (κ2) is 13.2. The van der Waals surface area contributed by atoms with Crippen LogP contribution in [0.15, 0.2) is 48.5 Å². The minimum atomic E-state index is -0.363. The van der Waals surface area contributed by atoms with Crippen LogP contribution < -0.4 is 0 Å². The molecule has 3 saturated heterocycles. The summed E-state index contributed by atoms with van der Waals surface area (Å²) in [5.74, 6) is 0.175. The maximum Gasteiger partial charge on any atom is 0.410 e. The summed E-state index contributed by atoms with van der Waals surface area (Å²) in [6, 6.07) is 17.2. The van der Waals surface area contributed by atoms with Crippen molar-refractivity contribution in [3.8, 4) is 0 Å². The fraction of sp³-hybridized carbons (Fsp3) is 0.588. The Bertz CT molecular complexity index is 1110. The van der Waals surface area contributed by atoms with E-state index in [0.29, 0.717) is 6.04 Å². The topological polar surface area (TPSA) is 53.1 Å². The van der Waals surface area contributed by atoms with Crippen molar-refractivity contribution in [2.45, 2.75) is 97.2 Å². The fourth-order valence-corrected chi connectivity index (χ4v) is 7.12. The number of amides is 2. The van der Waals surface area contributed by atoms with Gasteiger partial charge in [-0.05, 0) is 56.2 Å². The maximum atomic E-state index is 13.3. The molecule has 1 unspecified atom stereocenters. The van der Waals surface area contributed by atoms with Gasteiger partial charge in [-0.3, -0.25) is 9.69 Å². The van der Waals surface area contributed by atoms with Gasteiger partial charge in [-0.2, -0.15) is 0 Å². The third-order valence-corrected chi connectivity index (χ3v) is 9.43. The quantitative estimate of drug-likeness (QED) is 0.372. The first-order valence-corrected chi connectivity index (χ1v) is 15.0. The van der Waals surface area contributed by atoms with Crippen LogP contribution >= 0.6 is 0 Å². The number of ether oxygens (including phenoxy) is 1. The molecule has 6 nitrogen and oxygen atoms in total. The molecule has 2 aromatic rings. The first-order chi connectivity index (χ1) is 18.9. The number of piperidine rings is 2. The summed E-state index contributed by atoms with van der Waals surface area (Å²) >= 11 is 0. The first-order valence-electron chi connectivity index (χ1n) is 15.0. The van der Waals surface area contributed by atoms with Crippen molar-refractivity contribution >= 4 is 12.0 Å². The minimum absolute atomic E-state index is 0. The predicted octanol–water partition coefficient (Wildman–Crippen LogP) is 6.63.